The highest BCUT2D eigenvalue weighted by Crippen LogP contribution is 2.89. The first-order valence-corrected chi connectivity index (χ1v) is 14.0. The number of fused-ring (bicyclic) bond motifs is 2. The molecule has 0 nitrogen and oxygen atoms in total. The van der Waals surface area contributed by atoms with Gasteiger partial charge in [0.25, 0.3) is 0 Å². The topological polar surface area (TPSA) is 0 Å². The molecule has 5 fully saturated rings. The van der Waals surface area contributed by atoms with Crippen LogP contribution in [0.4, 0.5) is 0 Å². The zero-order valence-corrected chi connectivity index (χ0v) is 21.6. The van der Waals surface area contributed by atoms with Crippen LogP contribution in [0.2, 0.25) is 0 Å². The minimum absolute atomic E-state index is 0.609. The summed E-state index contributed by atoms with van der Waals surface area (Å²) in [4.78, 5) is 0. The van der Waals surface area contributed by atoms with Crippen LogP contribution in [0.15, 0.2) is 0 Å². The van der Waals surface area contributed by atoms with Gasteiger partial charge in [0.1, 0.15) is 0 Å². The fourth-order valence-corrected chi connectivity index (χ4v) is 11.4. The van der Waals surface area contributed by atoms with Crippen molar-refractivity contribution >= 4 is 0 Å². The Kier molecular flexibility index (Phi) is 4.92. The van der Waals surface area contributed by atoms with Crippen molar-refractivity contribution in [2.45, 2.75) is 132 Å². The summed E-state index contributed by atoms with van der Waals surface area (Å²) in [6.45, 7) is 18.3. The summed E-state index contributed by atoms with van der Waals surface area (Å²) >= 11 is 0. The summed E-state index contributed by atoms with van der Waals surface area (Å²) < 4.78 is 0. The van der Waals surface area contributed by atoms with Crippen molar-refractivity contribution in [1.82, 2.24) is 0 Å². The van der Waals surface area contributed by atoms with Crippen LogP contribution in [0, 0.1) is 56.7 Å². The lowest BCUT2D eigenvalue weighted by Gasteiger charge is -2.63. The lowest BCUT2D eigenvalue weighted by Crippen LogP contribution is -2.56. The fraction of sp³-hybridized carbons (Fsp3) is 1.00. The Balaban J connectivity index is 1.39. The zero-order valence-electron chi connectivity index (χ0n) is 21.6. The van der Waals surface area contributed by atoms with Crippen LogP contribution in [-0.4, -0.2) is 0 Å². The molecule has 5 aliphatic rings. The van der Waals surface area contributed by atoms with Crippen molar-refractivity contribution in [3.63, 3.8) is 0 Å². The minimum atomic E-state index is 0.609. The molecule has 0 saturated heterocycles. The molecular formula is C30H52. The van der Waals surface area contributed by atoms with Crippen LogP contribution in [0.25, 0.3) is 0 Å². The minimum Gasteiger partial charge on any atom is -0.0628 e. The molecule has 0 heterocycles. The van der Waals surface area contributed by atoms with Crippen LogP contribution < -0.4 is 0 Å². The maximum Gasteiger partial charge on any atom is -0.0198 e. The van der Waals surface area contributed by atoms with E-state index in [1.54, 1.807) is 44.9 Å². The van der Waals surface area contributed by atoms with E-state index in [4.69, 9.17) is 0 Å². The maximum absolute atomic E-state index is 2.81. The number of hydrogen-bond acceptors (Lipinski definition) is 0. The Bertz CT molecular complexity index is 674. The molecule has 0 radical (unpaired) electrons. The van der Waals surface area contributed by atoms with Crippen LogP contribution >= 0.6 is 0 Å². The molecule has 0 heteroatoms. The molecule has 8 atom stereocenters. The molecule has 5 saturated carbocycles. The molecule has 0 aromatic rings. The van der Waals surface area contributed by atoms with Crippen molar-refractivity contribution in [2.75, 3.05) is 0 Å². The quantitative estimate of drug-likeness (QED) is 0.422. The van der Waals surface area contributed by atoms with Crippen LogP contribution in [0.5, 0.6) is 0 Å². The smallest absolute Gasteiger partial charge is 0.0198 e. The Hall–Kier alpha value is 0. The van der Waals surface area contributed by atoms with Gasteiger partial charge in [-0.2, -0.15) is 0 Å². The highest BCUT2D eigenvalue weighted by molar-refractivity contribution is 5.30. The summed E-state index contributed by atoms with van der Waals surface area (Å²) in [5.41, 5.74) is 3.37. The molecule has 0 bridgehead atoms. The summed E-state index contributed by atoms with van der Waals surface area (Å²) in [5.74, 6) is 4.87. The number of rotatable bonds is 5. The molecule has 172 valence electrons. The SMILES string of the molecule is CC(C)CCC[C@@H](C)[C@H]1CC[C@@]2(C)[C@@H]3CC[C@H]4C(C)(C)CCC[C@@]45C[C@@]35CC[C@]12C. The molecule has 0 amide bonds. The second-order valence-electron chi connectivity index (χ2n) is 14.8. The Morgan fingerprint density at radius 2 is 1.40 bits per heavy atom. The first kappa shape index (κ1) is 21.8. The molecule has 30 heavy (non-hydrogen) atoms. The molecule has 0 N–H and O–H groups in total. The monoisotopic (exact) mass is 412 g/mol. The van der Waals surface area contributed by atoms with Gasteiger partial charge in [-0.05, 0) is 114 Å². The van der Waals surface area contributed by atoms with Gasteiger partial charge in [-0.1, -0.05) is 74.1 Å². The summed E-state index contributed by atoms with van der Waals surface area (Å²) in [6.07, 6.45) is 19.9. The summed E-state index contributed by atoms with van der Waals surface area (Å²) in [7, 11) is 0. The van der Waals surface area contributed by atoms with Crippen molar-refractivity contribution in [1.29, 1.82) is 0 Å². The first-order chi connectivity index (χ1) is 14.0. The van der Waals surface area contributed by atoms with Crippen molar-refractivity contribution in [3.05, 3.63) is 0 Å². The highest BCUT2D eigenvalue weighted by atomic mass is 14.9. The lowest BCUT2D eigenvalue weighted by atomic mass is 9.42. The maximum atomic E-state index is 2.81. The third kappa shape index (κ3) is 2.64. The molecule has 0 unspecified atom stereocenters. The average molecular weight is 413 g/mol. The van der Waals surface area contributed by atoms with E-state index in [9.17, 15) is 0 Å². The van der Waals surface area contributed by atoms with Crippen molar-refractivity contribution in [2.24, 2.45) is 56.7 Å². The van der Waals surface area contributed by atoms with Gasteiger partial charge in [0.2, 0.25) is 0 Å². The zero-order chi connectivity index (χ0) is 21.6. The van der Waals surface area contributed by atoms with Gasteiger partial charge >= 0.3 is 0 Å². The molecule has 5 rings (SSSR count). The molecule has 0 aromatic carbocycles. The second-order valence-corrected chi connectivity index (χ2v) is 14.8. The standard InChI is InChI=1S/C30H52/c1-21(2)10-8-11-22(3)23-14-17-28(7)25-13-12-24-26(4,5)15-9-16-29(24)20-30(25,29)19-18-27(23,28)6/h21-25H,8-20H2,1-7H3/t22-,23-,24+,25+,27-,28+,29-,30+/m1/s1. The van der Waals surface area contributed by atoms with Gasteiger partial charge in [-0.25, -0.2) is 0 Å². The van der Waals surface area contributed by atoms with E-state index in [0.29, 0.717) is 16.2 Å². The molecule has 5 aliphatic carbocycles. The first-order valence-electron chi connectivity index (χ1n) is 14.0. The van der Waals surface area contributed by atoms with Crippen LogP contribution in [0.3, 0.4) is 0 Å². The largest absolute Gasteiger partial charge is 0.0628 e. The Labute approximate surface area is 188 Å². The van der Waals surface area contributed by atoms with Crippen molar-refractivity contribution in [3.8, 4) is 0 Å². The Morgan fingerprint density at radius 3 is 2.13 bits per heavy atom. The van der Waals surface area contributed by atoms with Gasteiger partial charge in [-0.15, -0.1) is 0 Å². The molecule has 0 aromatic heterocycles. The van der Waals surface area contributed by atoms with E-state index < -0.39 is 0 Å². The second kappa shape index (κ2) is 6.76. The van der Waals surface area contributed by atoms with Gasteiger partial charge in [0.15, 0.2) is 0 Å². The highest BCUT2D eigenvalue weighted by Gasteiger charge is 2.81. The third-order valence-electron chi connectivity index (χ3n) is 13.0. The van der Waals surface area contributed by atoms with Gasteiger partial charge in [0.05, 0.1) is 0 Å². The average Bonchev–Trinajstić information content (AvgIpc) is 3.23. The van der Waals surface area contributed by atoms with E-state index >= 15 is 0 Å². The fourth-order valence-electron chi connectivity index (χ4n) is 11.4. The lowest BCUT2D eigenvalue weighted by molar-refractivity contribution is -0.142. The van der Waals surface area contributed by atoms with E-state index in [0.717, 1.165) is 40.4 Å². The van der Waals surface area contributed by atoms with Gasteiger partial charge in [0, 0.05) is 0 Å². The Morgan fingerprint density at radius 1 is 0.700 bits per heavy atom. The normalized spacial score (nSPS) is 52.2. The van der Waals surface area contributed by atoms with Crippen molar-refractivity contribution < 1.29 is 0 Å². The summed E-state index contributed by atoms with van der Waals surface area (Å²) in [5, 5.41) is 0. The van der Waals surface area contributed by atoms with Gasteiger partial charge in [-0.3, -0.25) is 0 Å². The van der Waals surface area contributed by atoms with Gasteiger partial charge < -0.3 is 0 Å². The van der Waals surface area contributed by atoms with Crippen LogP contribution in [-0.2, 0) is 0 Å². The molecule has 2 spiro atoms. The molecular weight excluding hydrogens is 360 g/mol. The van der Waals surface area contributed by atoms with E-state index in [2.05, 4.69) is 48.5 Å². The van der Waals surface area contributed by atoms with E-state index in [1.807, 2.05) is 0 Å². The van der Waals surface area contributed by atoms with E-state index in [-0.39, 0.29) is 0 Å². The van der Waals surface area contributed by atoms with E-state index in [1.165, 1.54) is 38.5 Å². The predicted octanol–water partition coefficient (Wildman–Crippen LogP) is 9.28. The van der Waals surface area contributed by atoms with Crippen LogP contribution in [0.1, 0.15) is 132 Å². The molecule has 0 aliphatic heterocycles. The number of hydrogen-bond donors (Lipinski definition) is 0. The predicted molar refractivity (Wildman–Crippen MR) is 129 cm³/mol. The third-order valence-corrected chi connectivity index (χ3v) is 13.0. The summed E-state index contributed by atoms with van der Waals surface area (Å²) in [6, 6.07) is 0.